The van der Waals surface area contributed by atoms with E-state index in [9.17, 15) is 9.59 Å². The van der Waals surface area contributed by atoms with Crippen molar-refractivity contribution in [1.29, 1.82) is 0 Å². The molecule has 1 aliphatic heterocycles. The molecule has 0 spiro atoms. The third-order valence-electron chi connectivity index (χ3n) is 4.22. The lowest BCUT2D eigenvalue weighted by atomic mass is 9.66. The Labute approximate surface area is 126 Å². The van der Waals surface area contributed by atoms with Crippen molar-refractivity contribution >= 4 is 11.9 Å². The number of halogens is 1. The average molecular weight is 312 g/mol. The standard InChI is InChI=1S/C15H17FO6/c1-14(2)21-10-7-5-6-15(16,11(10)22-14)9(13(18)20-4)8(7)12(17)19-3/h5-7,10-11H,1-4H3/t7-,10-,11-,15-/m0/s1. The minimum absolute atomic E-state index is 0.0677. The first-order chi connectivity index (χ1) is 10.2. The van der Waals surface area contributed by atoms with E-state index in [0.29, 0.717) is 0 Å². The van der Waals surface area contributed by atoms with Crippen LogP contribution in [-0.4, -0.2) is 49.8 Å². The average Bonchev–Trinajstić information content (AvgIpc) is 2.82. The summed E-state index contributed by atoms with van der Waals surface area (Å²) >= 11 is 0. The van der Waals surface area contributed by atoms with Gasteiger partial charge in [0.25, 0.3) is 0 Å². The summed E-state index contributed by atoms with van der Waals surface area (Å²) in [6, 6.07) is 0. The molecule has 3 aliphatic carbocycles. The first kappa shape index (κ1) is 15.2. The Morgan fingerprint density at radius 2 is 1.82 bits per heavy atom. The first-order valence-corrected chi connectivity index (χ1v) is 6.90. The zero-order chi connectivity index (χ0) is 16.3. The van der Waals surface area contributed by atoms with Gasteiger partial charge >= 0.3 is 11.9 Å². The number of methoxy groups -OCH3 is 2. The molecule has 0 N–H and O–H groups in total. The molecule has 1 heterocycles. The Bertz CT molecular complexity index is 607. The van der Waals surface area contributed by atoms with Crippen LogP contribution in [0.3, 0.4) is 0 Å². The van der Waals surface area contributed by atoms with Crippen LogP contribution in [0.25, 0.3) is 0 Å². The van der Waals surface area contributed by atoms with Crippen molar-refractivity contribution in [3.63, 3.8) is 0 Å². The van der Waals surface area contributed by atoms with E-state index in [1.807, 2.05) is 0 Å². The summed E-state index contributed by atoms with van der Waals surface area (Å²) < 4.78 is 36.4. The lowest BCUT2D eigenvalue weighted by Crippen LogP contribution is -2.57. The third-order valence-corrected chi connectivity index (χ3v) is 4.22. The molecular weight excluding hydrogens is 295 g/mol. The zero-order valence-electron chi connectivity index (χ0n) is 12.7. The predicted molar refractivity (Wildman–Crippen MR) is 71.4 cm³/mol. The summed E-state index contributed by atoms with van der Waals surface area (Å²) in [7, 11) is 2.31. The summed E-state index contributed by atoms with van der Waals surface area (Å²) in [5.41, 5.74) is -2.72. The monoisotopic (exact) mass is 312 g/mol. The molecule has 0 radical (unpaired) electrons. The van der Waals surface area contributed by atoms with Crippen molar-refractivity contribution in [2.45, 2.75) is 37.5 Å². The molecule has 0 unspecified atom stereocenters. The van der Waals surface area contributed by atoms with E-state index >= 15 is 4.39 Å². The van der Waals surface area contributed by atoms with Crippen molar-refractivity contribution in [2.24, 2.45) is 5.92 Å². The molecule has 120 valence electrons. The predicted octanol–water partition coefficient (Wildman–Crippen LogP) is 1.06. The summed E-state index contributed by atoms with van der Waals surface area (Å²) in [6.07, 6.45) is 1.04. The molecule has 1 fully saturated rings. The van der Waals surface area contributed by atoms with E-state index < -0.39 is 41.5 Å². The Morgan fingerprint density at radius 3 is 2.41 bits per heavy atom. The van der Waals surface area contributed by atoms with Gasteiger partial charge in [-0.2, -0.15) is 0 Å². The highest BCUT2D eigenvalue weighted by atomic mass is 19.1. The number of carbonyl (C=O) groups is 2. The van der Waals surface area contributed by atoms with Crippen molar-refractivity contribution in [2.75, 3.05) is 14.2 Å². The fourth-order valence-corrected chi connectivity index (χ4v) is 3.40. The highest BCUT2D eigenvalue weighted by Crippen LogP contribution is 2.53. The molecule has 0 aromatic rings. The van der Waals surface area contributed by atoms with E-state index in [4.69, 9.17) is 14.2 Å². The minimum Gasteiger partial charge on any atom is -0.466 e. The molecule has 4 aliphatic rings. The molecule has 7 heteroatoms. The van der Waals surface area contributed by atoms with Gasteiger partial charge in [-0.15, -0.1) is 0 Å². The second-order valence-corrected chi connectivity index (χ2v) is 5.95. The minimum atomic E-state index is -2.29. The Hall–Kier alpha value is -1.73. The van der Waals surface area contributed by atoms with E-state index in [0.717, 1.165) is 7.11 Å². The van der Waals surface area contributed by atoms with Crippen LogP contribution in [0.15, 0.2) is 23.3 Å². The van der Waals surface area contributed by atoms with Crippen LogP contribution in [0, 0.1) is 5.92 Å². The van der Waals surface area contributed by atoms with Crippen LogP contribution in [0.4, 0.5) is 4.39 Å². The van der Waals surface area contributed by atoms with Gasteiger partial charge in [0.1, 0.15) is 12.2 Å². The Kier molecular flexibility index (Phi) is 3.19. The van der Waals surface area contributed by atoms with E-state index in [2.05, 4.69) is 4.74 Å². The summed E-state index contributed by atoms with van der Waals surface area (Å²) in [6.45, 7) is 3.31. The van der Waals surface area contributed by atoms with Gasteiger partial charge in [-0.05, 0) is 19.9 Å². The third kappa shape index (κ3) is 1.85. The summed E-state index contributed by atoms with van der Waals surface area (Å²) in [5, 5.41) is 0. The molecule has 22 heavy (non-hydrogen) atoms. The van der Waals surface area contributed by atoms with Crippen LogP contribution in [-0.2, 0) is 28.5 Å². The van der Waals surface area contributed by atoms with Crippen LogP contribution >= 0.6 is 0 Å². The fraction of sp³-hybridized carbons (Fsp3) is 0.600. The van der Waals surface area contributed by atoms with Crippen molar-refractivity contribution in [3.05, 3.63) is 23.3 Å². The quantitative estimate of drug-likeness (QED) is 0.561. The largest absolute Gasteiger partial charge is 0.466 e. The SMILES string of the molecule is COC(=O)C1=C(C(=O)OC)[C@@]2(F)C=C[C@@H]1[C@@H]1OC(C)(C)O[C@@H]12. The number of alkyl halides is 1. The van der Waals surface area contributed by atoms with Crippen molar-refractivity contribution < 1.29 is 32.9 Å². The van der Waals surface area contributed by atoms with Crippen LogP contribution in [0.5, 0.6) is 0 Å². The van der Waals surface area contributed by atoms with Crippen molar-refractivity contribution in [3.8, 4) is 0 Å². The molecule has 4 rings (SSSR count). The van der Waals surface area contributed by atoms with Gasteiger partial charge in [0.15, 0.2) is 11.5 Å². The Morgan fingerprint density at radius 1 is 1.18 bits per heavy atom. The van der Waals surface area contributed by atoms with E-state index in [-0.39, 0.29) is 11.1 Å². The van der Waals surface area contributed by atoms with Gasteiger partial charge in [-0.1, -0.05) is 6.08 Å². The maximum Gasteiger partial charge on any atom is 0.338 e. The van der Waals surface area contributed by atoms with Crippen LogP contribution < -0.4 is 0 Å². The number of ether oxygens (including phenoxy) is 4. The lowest BCUT2D eigenvalue weighted by Gasteiger charge is -2.43. The van der Waals surface area contributed by atoms with Gasteiger partial charge in [0.2, 0.25) is 0 Å². The molecule has 0 aromatic carbocycles. The zero-order valence-corrected chi connectivity index (χ0v) is 12.7. The van der Waals surface area contributed by atoms with Gasteiger partial charge in [0.05, 0.1) is 25.4 Å². The molecule has 1 saturated heterocycles. The molecule has 4 atom stereocenters. The van der Waals surface area contributed by atoms with E-state index in [1.165, 1.54) is 19.3 Å². The topological polar surface area (TPSA) is 71.1 Å². The van der Waals surface area contributed by atoms with Gasteiger partial charge < -0.3 is 18.9 Å². The molecule has 0 saturated carbocycles. The van der Waals surface area contributed by atoms with Crippen molar-refractivity contribution in [1.82, 2.24) is 0 Å². The normalized spacial score (nSPS) is 38.0. The maximum absolute atomic E-state index is 15.6. The second-order valence-electron chi connectivity index (χ2n) is 5.95. The number of rotatable bonds is 2. The number of hydrogen-bond acceptors (Lipinski definition) is 6. The fourth-order valence-electron chi connectivity index (χ4n) is 3.40. The second kappa shape index (κ2) is 4.63. The lowest BCUT2D eigenvalue weighted by molar-refractivity contribution is -0.155. The highest BCUT2D eigenvalue weighted by molar-refractivity contribution is 6.04. The number of carbonyl (C=O) groups excluding carboxylic acids is 2. The summed E-state index contributed by atoms with van der Waals surface area (Å²) in [5.74, 6) is -3.32. The summed E-state index contributed by atoms with van der Waals surface area (Å²) in [4.78, 5) is 24.2. The molecule has 0 amide bonds. The molecule has 2 bridgehead atoms. The smallest absolute Gasteiger partial charge is 0.338 e. The number of hydrogen-bond donors (Lipinski definition) is 0. The van der Waals surface area contributed by atoms with Crippen LogP contribution in [0.2, 0.25) is 0 Å². The van der Waals surface area contributed by atoms with E-state index in [1.54, 1.807) is 13.8 Å². The van der Waals surface area contributed by atoms with Gasteiger partial charge in [-0.3, -0.25) is 0 Å². The molecular formula is C15H17FO6. The highest BCUT2D eigenvalue weighted by Gasteiger charge is 2.65. The molecule has 0 aromatic heterocycles. The van der Waals surface area contributed by atoms with Crippen LogP contribution in [0.1, 0.15) is 13.8 Å². The van der Waals surface area contributed by atoms with Gasteiger partial charge in [-0.25, -0.2) is 14.0 Å². The Balaban J connectivity index is 2.18. The first-order valence-electron chi connectivity index (χ1n) is 6.90. The van der Waals surface area contributed by atoms with Gasteiger partial charge in [0, 0.05) is 5.92 Å². The maximum atomic E-state index is 15.6. The molecule has 6 nitrogen and oxygen atoms in total. The number of esters is 2.